The Balaban J connectivity index is 1.47. The average Bonchev–Trinajstić information content (AvgIpc) is 3.19. The van der Waals surface area contributed by atoms with Crippen LogP contribution >= 0.6 is 11.3 Å². The van der Waals surface area contributed by atoms with Gasteiger partial charge in [-0.25, -0.2) is 18.7 Å². The minimum atomic E-state index is -2.63. The van der Waals surface area contributed by atoms with Crippen LogP contribution in [0.2, 0.25) is 0 Å². The molecule has 0 spiro atoms. The number of halogens is 2. The third-order valence-corrected chi connectivity index (χ3v) is 6.17. The Morgan fingerprint density at radius 3 is 2.78 bits per heavy atom. The number of hydrogen-bond acceptors (Lipinski definition) is 5. The van der Waals surface area contributed by atoms with Crippen LogP contribution in [0.25, 0.3) is 32.6 Å². The highest BCUT2D eigenvalue weighted by Crippen LogP contribution is 2.49. The highest BCUT2D eigenvalue weighted by Gasteiger charge is 2.48. The van der Waals surface area contributed by atoms with Gasteiger partial charge in [-0.05, 0) is 30.3 Å². The maximum absolute atomic E-state index is 13.1. The van der Waals surface area contributed by atoms with Gasteiger partial charge in [-0.2, -0.15) is 0 Å². The number of aryl methyl sites for hydroxylation is 1. The first kappa shape index (κ1) is 16.8. The van der Waals surface area contributed by atoms with Crippen molar-refractivity contribution in [2.45, 2.75) is 31.8 Å². The average molecular weight is 386 g/mol. The van der Waals surface area contributed by atoms with Crippen LogP contribution in [-0.4, -0.2) is 21.0 Å². The minimum Gasteiger partial charge on any atom is -0.441 e. The van der Waals surface area contributed by atoms with Crippen molar-refractivity contribution in [1.29, 1.82) is 0 Å². The van der Waals surface area contributed by atoms with Crippen LogP contribution in [0.15, 0.2) is 40.8 Å². The van der Waals surface area contributed by atoms with E-state index in [1.54, 1.807) is 6.92 Å². The Morgan fingerprint density at radius 1 is 1.19 bits per heavy atom. The molecule has 138 valence electrons. The summed E-state index contributed by atoms with van der Waals surface area (Å²) in [5, 5.41) is 11.3. The van der Waals surface area contributed by atoms with Crippen molar-refractivity contribution < 1.29 is 18.3 Å². The number of pyridine rings is 1. The molecule has 1 aliphatic carbocycles. The summed E-state index contributed by atoms with van der Waals surface area (Å²) in [6.45, 7) is 1.81. The van der Waals surface area contributed by atoms with Gasteiger partial charge >= 0.3 is 0 Å². The lowest BCUT2D eigenvalue weighted by Crippen LogP contribution is -2.38. The summed E-state index contributed by atoms with van der Waals surface area (Å²) < 4.78 is 31.8. The van der Waals surface area contributed by atoms with Gasteiger partial charge in [0.15, 0.2) is 11.5 Å². The number of benzene rings is 1. The second-order valence-corrected chi connectivity index (χ2v) is 8.19. The molecule has 0 aliphatic heterocycles. The Kier molecular flexibility index (Phi) is 3.61. The number of thiophene rings is 1. The molecule has 7 heteroatoms. The number of fused-ring (bicyclic) bond motifs is 2. The van der Waals surface area contributed by atoms with Gasteiger partial charge in [0.1, 0.15) is 10.3 Å². The van der Waals surface area contributed by atoms with E-state index >= 15 is 0 Å². The van der Waals surface area contributed by atoms with Crippen molar-refractivity contribution in [2.24, 2.45) is 5.92 Å². The second kappa shape index (κ2) is 5.81. The lowest BCUT2D eigenvalue weighted by atomic mass is 9.77. The molecule has 1 N–H and O–H groups in total. The molecule has 0 saturated heterocycles. The normalized spacial score (nSPS) is 18.1. The van der Waals surface area contributed by atoms with Gasteiger partial charge in [0.2, 0.25) is 5.92 Å². The number of aliphatic hydroxyl groups is 1. The predicted octanol–water partition coefficient (Wildman–Crippen LogP) is 5.49. The van der Waals surface area contributed by atoms with Crippen molar-refractivity contribution in [3.05, 3.63) is 47.2 Å². The molecule has 0 bridgehead atoms. The van der Waals surface area contributed by atoms with Gasteiger partial charge in [0.05, 0.1) is 11.8 Å². The smallest absolute Gasteiger partial charge is 0.248 e. The first-order chi connectivity index (χ1) is 12.9. The zero-order chi connectivity index (χ0) is 18.8. The maximum atomic E-state index is 13.1. The number of rotatable bonds is 3. The van der Waals surface area contributed by atoms with Crippen LogP contribution in [0.1, 0.15) is 29.7 Å². The molecular weight excluding hydrogens is 370 g/mol. The third kappa shape index (κ3) is 2.91. The van der Waals surface area contributed by atoms with Crippen LogP contribution in [0, 0.1) is 12.8 Å². The van der Waals surface area contributed by atoms with E-state index < -0.39 is 12.0 Å². The van der Waals surface area contributed by atoms with Gasteiger partial charge in [0, 0.05) is 41.5 Å². The molecule has 1 atom stereocenters. The Bertz CT molecular complexity index is 1160. The maximum Gasteiger partial charge on any atom is 0.248 e. The molecule has 3 aromatic heterocycles. The molecule has 4 nitrogen and oxygen atoms in total. The molecule has 1 saturated carbocycles. The van der Waals surface area contributed by atoms with Crippen molar-refractivity contribution in [2.75, 3.05) is 0 Å². The number of aliphatic hydroxyl groups excluding tert-OH is 1. The number of alkyl halides is 2. The molecule has 0 radical (unpaired) electrons. The van der Waals surface area contributed by atoms with Crippen LogP contribution in [0.5, 0.6) is 0 Å². The summed E-state index contributed by atoms with van der Waals surface area (Å²) in [5.41, 5.74) is 3.21. The zero-order valence-electron chi connectivity index (χ0n) is 14.4. The molecule has 27 heavy (non-hydrogen) atoms. The van der Waals surface area contributed by atoms with Crippen LogP contribution in [0.3, 0.4) is 0 Å². The van der Waals surface area contributed by atoms with Crippen molar-refractivity contribution >= 4 is 32.7 Å². The van der Waals surface area contributed by atoms with Gasteiger partial charge in [-0.3, -0.25) is 0 Å². The lowest BCUT2D eigenvalue weighted by molar-refractivity contribution is -0.141. The fourth-order valence-electron chi connectivity index (χ4n) is 3.61. The monoisotopic (exact) mass is 386 g/mol. The summed E-state index contributed by atoms with van der Waals surface area (Å²) in [4.78, 5) is 10.5. The van der Waals surface area contributed by atoms with E-state index in [1.165, 1.54) is 11.3 Å². The molecule has 5 rings (SSSR count). The molecule has 4 aromatic rings. The van der Waals surface area contributed by atoms with E-state index in [-0.39, 0.29) is 18.8 Å². The number of hydrogen-bond donors (Lipinski definition) is 1. The summed E-state index contributed by atoms with van der Waals surface area (Å²) >= 11 is 1.36. The van der Waals surface area contributed by atoms with Crippen LogP contribution in [-0.2, 0) is 0 Å². The summed E-state index contributed by atoms with van der Waals surface area (Å²) in [6, 6.07) is 11.4. The van der Waals surface area contributed by atoms with Crippen molar-refractivity contribution in [1.82, 2.24) is 9.97 Å². The molecular formula is C20H16F2N2O2S. The highest BCUT2D eigenvalue weighted by molar-refractivity contribution is 7.18. The number of oxazole rings is 1. The fourth-order valence-corrected chi connectivity index (χ4v) is 4.72. The van der Waals surface area contributed by atoms with Gasteiger partial charge in [-0.1, -0.05) is 6.07 Å². The second-order valence-electron chi connectivity index (χ2n) is 7.12. The Labute approximate surface area is 157 Å². The minimum absolute atomic E-state index is 0.252. The molecule has 1 unspecified atom stereocenters. The van der Waals surface area contributed by atoms with Gasteiger partial charge < -0.3 is 9.52 Å². The van der Waals surface area contributed by atoms with Gasteiger partial charge in [0.25, 0.3) is 0 Å². The molecule has 0 amide bonds. The highest BCUT2D eigenvalue weighted by atomic mass is 32.1. The Morgan fingerprint density at radius 2 is 2.00 bits per heavy atom. The van der Waals surface area contributed by atoms with E-state index in [2.05, 4.69) is 4.98 Å². The fraction of sp³-hybridized carbons (Fsp3) is 0.300. The standard InChI is InChI=1S/C20H16F2N2O2S/c1-10-23-15-5-2-11(6-16(15)26-10)14-4-3-12-7-17(27-19(12)24-14)18(25)13-8-20(21,22)9-13/h2-7,13,18,25H,8-9H2,1H3. The predicted molar refractivity (Wildman–Crippen MR) is 100.0 cm³/mol. The first-order valence-electron chi connectivity index (χ1n) is 8.72. The van der Waals surface area contributed by atoms with Crippen molar-refractivity contribution in [3.8, 4) is 11.3 Å². The van der Waals surface area contributed by atoms with E-state index in [4.69, 9.17) is 9.40 Å². The molecule has 1 aromatic carbocycles. The SMILES string of the molecule is Cc1nc2ccc(-c3ccc4cc(C(O)C5CC(F)(F)C5)sc4n3)cc2o1. The Hall–Kier alpha value is -2.38. The van der Waals surface area contributed by atoms with E-state index in [9.17, 15) is 13.9 Å². The third-order valence-electron chi connectivity index (χ3n) is 5.05. The van der Waals surface area contributed by atoms with Crippen LogP contribution in [0.4, 0.5) is 8.78 Å². The molecule has 3 heterocycles. The quantitative estimate of drug-likeness (QED) is 0.506. The van der Waals surface area contributed by atoms with Crippen molar-refractivity contribution in [3.63, 3.8) is 0 Å². The van der Waals surface area contributed by atoms with E-state index in [0.29, 0.717) is 16.4 Å². The first-order valence-corrected chi connectivity index (χ1v) is 9.54. The summed E-state index contributed by atoms with van der Waals surface area (Å²) in [6.07, 6.45) is -1.36. The van der Waals surface area contributed by atoms with E-state index in [0.717, 1.165) is 27.0 Å². The summed E-state index contributed by atoms with van der Waals surface area (Å²) in [5.74, 6) is -2.40. The summed E-state index contributed by atoms with van der Waals surface area (Å²) in [7, 11) is 0. The zero-order valence-corrected chi connectivity index (χ0v) is 15.3. The molecule has 1 fully saturated rings. The number of nitrogens with zero attached hydrogens (tertiary/aromatic N) is 2. The van der Waals surface area contributed by atoms with Gasteiger partial charge in [-0.15, -0.1) is 11.3 Å². The van der Waals surface area contributed by atoms with E-state index in [1.807, 2.05) is 36.4 Å². The topological polar surface area (TPSA) is 59.2 Å². The number of aromatic nitrogens is 2. The lowest BCUT2D eigenvalue weighted by Gasteiger charge is -2.37. The molecule has 1 aliphatic rings. The van der Waals surface area contributed by atoms with Crippen LogP contribution < -0.4 is 0 Å². The largest absolute Gasteiger partial charge is 0.441 e.